The lowest BCUT2D eigenvalue weighted by molar-refractivity contribution is -0.0702. The predicted molar refractivity (Wildman–Crippen MR) is 74.0 cm³/mol. The molecule has 5 nitrogen and oxygen atoms in total. The molecule has 0 aliphatic carbocycles. The van der Waals surface area contributed by atoms with Gasteiger partial charge in [0.2, 0.25) is 0 Å². The average molecular weight is 276 g/mol. The molecule has 2 unspecified atom stereocenters. The minimum atomic E-state index is 0.0446. The topological polar surface area (TPSA) is 51.7 Å². The van der Waals surface area contributed by atoms with Crippen molar-refractivity contribution in [1.29, 1.82) is 0 Å². The highest BCUT2D eigenvalue weighted by molar-refractivity contribution is 6.00. The van der Waals surface area contributed by atoms with Gasteiger partial charge in [0.1, 0.15) is 5.75 Å². The van der Waals surface area contributed by atoms with E-state index in [0.29, 0.717) is 23.4 Å². The summed E-state index contributed by atoms with van der Waals surface area (Å²) in [7, 11) is 3.71. The lowest BCUT2D eigenvalue weighted by atomic mass is 9.81. The zero-order valence-corrected chi connectivity index (χ0v) is 11.9. The van der Waals surface area contributed by atoms with Crippen LogP contribution in [0.1, 0.15) is 23.2 Å². The van der Waals surface area contributed by atoms with Gasteiger partial charge in [-0.3, -0.25) is 14.7 Å². The van der Waals surface area contributed by atoms with Gasteiger partial charge in [0.05, 0.1) is 25.9 Å². The summed E-state index contributed by atoms with van der Waals surface area (Å²) in [5.74, 6) is 0.813. The Hall–Kier alpha value is -1.46. The fraction of sp³-hybridized carbons (Fsp3) is 0.600. The number of piperidine rings is 1. The molecule has 3 rings (SSSR count). The molecule has 0 saturated carbocycles. The van der Waals surface area contributed by atoms with Crippen LogP contribution in [0.25, 0.3) is 0 Å². The molecule has 2 fully saturated rings. The highest BCUT2D eigenvalue weighted by atomic mass is 16.5. The zero-order valence-electron chi connectivity index (χ0n) is 11.9. The van der Waals surface area contributed by atoms with Crippen LogP contribution < -0.4 is 4.74 Å². The number of hydrogen-bond acceptors (Lipinski definition) is 5. The van der Waals surface area contributed by atoms with Crippen molar-refractivity contribution in [3.63, 3.8) is 0 Å². The standard InChI is InChI=1S/C15H20N2O3/c1-17-11-5-10(6-12(17)9-20-8-11)15(18)13-7-16-4-3-14(13)19-2/h3-4,7,10-12H,5-6,8-9H2,1-2H3. The molecule has 20 heavy (non-hydrogen) atoms. The molecule has 2 saturated heterocycles. The maximum atomic E-state index is 12.7. The van der Waals surface area contributed by atoms with Gasteiger partial charge < -0.3 is 9.47 Å². The molecule has 3 heterocycles. The van der Waals surface area contributed by atoms with Crippen molar-refractivity contribution in [2.24, 2.45) is 5.92 Å². The summed E-state index contributed by atoms with van der Waals surface area (Å²) >= 11 is 0. The van der Waals surface area contributed by atoms with Gasteiger partial charge >= 0.3 is 0 Å². The fourth-order valence-electron chi connectivity index (χ4n) is 3.27. The molecule has 0 spiro atoms. The highest BCUT2D eigenvalue weighted by Crippen LogP contribution is 2.33. The number of nitrogens with zero attached hydrogens (tertiary/aromatic N) is 2. The summed E-state index contributed by atoms with van der Waals surface area (Å²) in [6.45, 7) is 1.45. The van der Waals surface area contributed by atoms with Crippen LogP contribution in [0.3, 0.4) is 0 Å². The number of carbonyl (C=O) groups excluding carboxylic acids is 1. The van der Waals surface area contributed by atoms with Crippen molar-refractivity contribution in [1.82, 2.24) is 9.88 Å². The van der Waals surface area contributed by atoms with E-state index in [9.17, 15) is 4.79 Å². The van der Waals surface area contributed by atoms with Gasteiger partial charge in [-0.1, -0.05) is 0 Å². The second kappa shape index (κ2) is 5.50. The minimum Gasteiger partial charge on any atom is -0.496 e. The number of likely N-dealkylation sites (N-methyl/N-ethyl adjacent to an activating group) is 1. The summed E-state index contributed by atoms with van der Waals surface area (Å²) in [6, 6.07) is 2.43. The molecular weight excluding hydrogens is 256 g/mol. The average Bonchev–Trinajstić information content (AvgIpc) is 2.46. The van der Waals surface area contributed by atoms with Crippen LogP contribution in [0, 0.1) is 5.92 Å². The molecule has 0 aromatic carbocycles. The van der Waals surface area contributed by atoms with Gasteiger partial charge in [0, 0.05) is 30.4 Å². The van der Waals surface area contributed by atoms with E-state index >= 15 is 0 Å². The number of morpholine rings is 1. The van der Waals surface area contributed by atoms with Crippen LogP contribution in [0.15, 0.2) is 18.5 Å². The van der Waals surface area contributed by atoms with Gasteiger partial charge in [-0.2, -0.15) is 0 Å². The highest BCUT2D eigenvalue weighted by Gasteiger charge is 2.40. The maximum Gasteiger partial charge on any atom is 0.171 e. The second-order valence-corrected chi connectivity index (χ2v) is 5.62. The molecular formula is C15H20N2O3. The van der Waals surface area contributed by atoms with E-state index in [-0.39, 0.29) is 11.7 Å². The molecule has 1 aromatic heterocycles. The van der Waals surface area contributed by atoms with Crippen LogP contribution in [-0.4, -0.2) is 55.1 Å². The van der Waals surface area contributed by atoms with Crippen molar-refractivity contribution in [3.8, 4) is 5.75 Å². The number of pyridine rings is 1. The first-order chi connectivity index (χ1) is 9.70. The molecule has 1 aromatic rings. The van der Waals surface area contributed by atoms with Crippen LogP contribution in [0.5, 0.6) is 5.75 Å². The SMILES string of the molecule is COc1ccncc1C(=O)C1CC2COCC(C1)N2C. The summed E-state index contributed by atoms with van der Waals surface area (Å²) in [6.07, 6.45) is 4.96. The third-order valence-corrected chi connectivity index (χ3v) is 4.52. The molecule has 2 bridgehead atoms. The molecule has 0 radical (unpaired) electrons. The number of aromatic nitrogens is 1. The first kappa shape index (κ1) is 13.5. The van der Waals surface area contributed by atoms with Crippen LogP contribution in [-0.2, 0) is 4.74 Å². The number of ether oxygens (including phenoxy) is 2. The van der Waals surface area contributed by atoms with Gasteiger partial charge in [-0.05, 0) is 26.0 Å². The molecule has 0 N–H and O–H groups in total. The van der Waals surface area contributed by atoms with E-state index in [4.69, 9.17) is 9.47 Å². The van der Waals surface area contributed by atoms with Crippen molar-refractivity contribution < 1.29 is 14.3 Å². The van der Waals surface area contributed by atoms with Crippen molar-refractivity contribution in [3.05, 3.63) is 24.0 Å². The Balaban J connectivity index is 1.81. The third-order valence-electron chi connectivity index (χ3n) is 4.52. The summed E-state index contributed by atoms with van der Waals surface area (Å²) in [5.41, 5.74) is 0.601. The number of carbonyl (C=O) groups is 1. The van der Waals surface area contributed by atoms with Crippen LogP contribution in [0.2, 0.25) is 0 Å². The van der Waals surface area contributed by atoms with E-state index in [1.165, 1.54) is 0 Å². The predicted octanol–water partition coefficient (Wildman–Crippen LogP) is 1.38. The van der Waals surface area contributed by atoms with E-state index in [2.05, 4.69) is 16.9 Å². The van der Waals surface area contributed by atoms with E-state index in [1.807, 2.05) is 0 Å². The van der Waals surface area contributed by atoms with E-state index < -0.39 is 0 Å². The van der Waals surface area contributed by atoms with E-state index in [1.54, 1.807) is 25.6 Å². The fourth-order valence-corrected chi connectivity index (χ4v) is 3.27. The molecule has 2 aliphatic rings. The Morgan fingerprint density at radius 3 is 2.75 bits per heavy atom. The van der Waals surface area contributed by atoms with E-state index in [0.717, 1.165) is 26.1 Å². The molecule has 2 aliphatic heterocycles. The Kier molecular flexibility index (Phi) is 3.72. The largest absolute Gasteiger partial charge is 0.496 e. The van der Waals surface area contributed by atoms with Crippen molar-refractivity contribution >= 4 is 5.78 Å². The van der Waals surface area contributed by atoms with Gasteiger partial charge in [0.15, 0.2) is 5.78 Å². The second-order valence-electron chi connectivity index (χ2n) is 5.62. The number of fused-ring (bicyclic) bond motifs is 2. The van der Waals surface area contributed by atoms with Crippen LogP contribution in [0.4, 0.5) is 0 Å². The normalized spacial score (nSPS) is 30.0. The third kappa shape index (κ3) is 2.31. The minimum absolute atomic E-state index is 0.0446. The smallest absolute Gasteiger partial charge is 0.171 e. The van der Waals surface area contributed by atoms with Gasteiger partial charge in [-0.25, -0.2) is 0 Å². The number of Topliss-reactive ketones (excluding diaryl/α,β-unsaturated/α-hetero) is 1. The summed E-state index contributed by atoms with van der Waals surface area (Å²) in [4.78, 5) is 19.2. The van der Waals surface area contributed by atoms with Crippen molar-refractivity contribution in [2.45, 2.75) is 24.9 Å². The number of hydrogen-bond donors (Lipinski definition) is 0. The number of methoxy groups -OCH3 is 1. The van der Waals surface area contributed by atoms with Crippen LogP contribution >= 0.6 is 0 Å². The quantitative estimate of drug-likeness (QED) is 0.781. The Labute approximate surface area is 118 Å². The molecule has 0 amide bonds. The lowest BCUT2D eigenvalue weighted by Gasteiger charge is -2.46. The summed E-state index contributed by atoms with van der Waals surface area (Å²) in [5, 5.41) is 0. The van der Waals surface area contributed by atoms with Gasteiger partial charge in [0.25, 0.3) is 0 Å². The number of ketones is 1. The monoisotopic (exact) mass is 276 g/mol. The number of rotatable bonds is 3. The zero-order chi connectivity index (χ0) is 14.1. The summed E-state index contributed by atoms with van der Waals surface area (Å²) < 4.78 is 10.9. The molecule has 2 atom stereocenters. The van der Waals surface area contributed by atoms with Gasteiger partial charge in [-0.15, -0.1) is 0 Å². The Bertz CT molecular complexity index is 492. The first-order valence-corrected chi connectivity index (χ1v) is 7.02. The maximum absolute atomic E-state index is 12.7. The first-order valence-electron chi connectivity index (χ1n) is 7.02. The van der Waals surface area contributed by atoms with Crippen molar-refractivity contribution in [2.75, 3.05) is 27.4 Å². The molecule has 5 heteroatoms. The molecule has 108 valence electrons. The lowest BCUT2D eigenvalue weighted by Crippen LogP contribution is -2.55. The Morgan fingerprint density at radius 2 is 2.10 bits per heavy atom. The Morgan fingerprint density at radius 1 is 1.40 bits per heavy atom.